The Bertz CT molecular complexity index is 1250. The number of methoxy groups -OCH3 is 1. The van der Waals surface area contributed by atoms with Crippen LogP contribution in [0.25, 0.3) is 5.76 Å². The van der Waals surface area contributed by atoms with Crippen LogP contribution in [0.3, 0.4) is 0 Å². The molecule has 3 aromatic carbocycles. The highest BCUT2D eigenvalue weighted by Crippen LogP contribution is 2.42. The number of amides is 2. The molecule has 7 nitrogen and oxygen atoms in total. The number of anilines is 2. The molecule has 33 heavy (non-hydrogen) atoms. The number of benzene rings is 3. The molecule has 3 aromatic rings. The van der Waals surface area contributed by atoms with Crippen molar-refractivity contribution in [3.8, 4) is 5.75 Å². The largest absolute Gasteiger partial charge is 0.507 e. The number of nitrogens with one attached hydrogen (secondary N) is 1. The van der Waals surface area contributed by atoms with E-state index in [0.29, 0.717) is 28.3 Å². The van der Waals surface area contributed by atoms with Gasteiger partial charge < -0.3 is 15.2 Å². The van der Waals surface area contributed by atoms with Crippen LogP contribution in [0.1, 0.15) is 24.1 Å². The molecule has 0 saturated carbocycles. The lowest BCUT2D eigenvalue weighted by Gasteiger charge is -2.25. The predicted octanol–water partition coefficient (Wildman–Crippen LogP) is 4.28. The number of carbonyl (C=O) groups excluding carboxylic acids is 3. The lowest BCUT2D eigenvalue weighted by molar-refractivity contribution is -0.132. The zero-order valence-electron chi connectivity index (χ0n) is 18.1. The van der Waals surface area contributed by atoms with E-state index in [9.17, 15) is 19.5 Å². The van der Waals surface area contributed by atoms with Gasteiger partial charge >= 0.3 is 0 Å². The van der Waals surface area contributed by atoms with Crippen molar-refractivity contribution in [3.05, 3.63) is 95.6 Å². The van der Waals surface area contributed by atoms with Crippen LogP contribution in [0.15, 0.2) is 84.4 Å². The van der Waals surface area contributed by atoms with Crippen molar-refractivity contribution < 1.29 is 24.2 Å². The number of aliphatic hydroxyl groups is 1. The van der Waals surface area contributed by atoms with Gasteiger partial charge in [0.1, 0.15) is 11.5 Å². The fraction of sp³-hybridized carbons (Fsp3) is 0.115. The first-order valence-corrected chi connectivity index (χ1v) is 10.3. The standard InChI is InChI=1S/C26H22N2O5/c1-16(29)27-19-11-13-20(14-12-19)28-23(17-7-4-3-5-8-17)22(25(31)26(28)32)24(30)18-9-6-10-21(15-18)33-2/h3-15,23,30H,1-2H3,(H,27,29)/b24-22-. The number of Topliss-reactive ketones (excluding diaryl/α,β-unsaturated/α-hetero) is 1. The fourth-order valence-electron chi connectivity index (χ4n) is 3.88. The third-order valence-electron chi connectivity index (χ3n) is 5.37. The second-order valence-electron chi connectivity index (χ2n) is 7.54. The van der Waals surface area contributed by atoms with Gasteiger partial charge in [-0.1, -0.05) is 42.5 Å². The summed E-state index contributed by atoms with van der Waals surface area (Å²) in [7, 11) is 1.51. The average Bonchev–Trinajstić information content (AvgIpc) is 3.10. The SMILES string of the molecule is COc1cccc(/C(O)=C2/C(=O)C(=O)N(c3ccc(NC(C)=O)cc3)C2c2ccccc2)c1. The first kappa shape index (κ1) is 21.8. The molecule has 166 valence electrons. The van der Waals surface area contributed by atoms with Gasteiger partial charge in [0.2, 0.25) is 5.91 Å². The summed E-state index contributed by atoms with van der Waals surface area (Å²) in [6, 6.07) is 21.5. The fourth-order valence-corrected chi connectivity index (χ4v) is 3.88. The van der Waals surface area contributed by atoms with Gasteiger partial charge in [-0.3, -0.25) is 19.3 Å². The third kappa shape index (κ3) is 4.21. The molecule has 0 radical (unpaired) electrons. The van der Waals surface area contributed by atoms with Crippen LogP contribution in [0.4, 0.5) is 11.4 Å². The van der Waals surface area contributed by atoms with Crippen molar-refractivity contribution in [2.24, 2.45) is 0 Å². The summed E-state index contributed by atoms with van der Waals surface area (Å²) in [5, 5.41) is 13.8. The number of hydrogen-bond acceptors (Lipinski definition) is 5. The van der Waals surface area contributed by atoms with E-state index in [4.69, 9.17) is 4.74 Å². The van der Waals surface area contributed by atoms with Crippen LogP contribution >= 0.6 is 0 Å². The molecule has 0 aliphatic carbocycles. The number of ether oxygens (including phenoxy) is 1. The highest BCUT2D eigenvalue weighted by molar-refractivity contribution is 6.51. The summed E-state index contributed by atoms with van der Waals surface area (Å²) < 4.78 is 5.23. The summed E-state index contributed by atoms with van der Waals surface area (Å²) in [5.74, 6) is -1.52. The molecule has 1 unspecified atom stereocenters. The number of nitrogens with zero attached hydrogens (tertiary/aromatic N) is 1. The van der Waals surface area contributed by atoms with Gasteiger partial charge in [0.15, 0.2) is 0 Å². The van der Waals surface area contributed by atoms with Gasteiger partial charge in [-0.2, -0.15) is 0 Å². The summed E-state index contributed by atoms with van der Waals surface area (Å²) in [6.07, 6.45) is 0. The summed E-state index contributed by atoms with van der Waals surface area (Å²) in [4.78, 5) is 39.0. The topological polar surface area (TPSA) is 95.9 Å². The minimum absolute atomic E-state index is 0.00890. The molecule has 0 bridgehead atoms. The lowest BCUT2D eigenvalue weighted by Crippen LogP contribution is -2.29. The molecule has 1 aliphatic heterocycles. The smallest absolute Gasteiger partial charge is 0.300 e. The zero-order valence-corrected chi connectivity index (χ0v) is 18.1. The Morgan fingerprint density at radius 1 is 0.970 bits per heavy atom. The highest BCUT2D eigenvalue weighted by atomic mass is 16.5. The average molecular weight is 442 g/mol. The predicted molar refractivity (Wildman–Crippen MR) is 125 cm³/mol. The molecule has 1 aliphatic rings. The van der Waals surface area contributed by atoms with E-state index in [-0.39, 0.29) is 17.2 Å². The maximum absolute atomic E-state index is 13.2. The quantitative estimate of drug-likeness (QED) is 0.349. The Kier molecular flexibility index (Phi) is 5.95. The van der Waals surface area contributed by atoms with Crippen molar-refractivity contribution >= 4 is 34.7 Å². The Balaban J connectivity index is 1.86. The Hall–Kier alpha value is -4.39. The van der Waals surface area contributed by atoms with Crippen LogP contribution < -0.4 is 15.0 Å². The van der Waals surface area contributed by atoms with Gasteiger partial charge in [0.25, 0.3) is 11.7 Å². The Morgan fingerprint density at radius 2 is 1.67 bits per heavy atom. The summed E-state index contributed by atoms with van der Waals surface area (Å²) >= 11 is 0. The van der Waals surface area contributed by atoms with Crippen molar-refractivity contribution in [1.82, 2.24) is 0 Å². The minimum Gasteiger partial charge on any atom is -0.507 e. The molecular formula is C26H22N2O5. The van der Waals surface area contributed by atoms with E-state index in [1.165, 1.54) is 18.9 Å². The second-order valence-corrected chi connectivity index (χ2v) is 7.54. The summed E-state index contributed by atoms with van der Waals surface area (Å²) in [5.41, 5.74) is 2.06. The van der Waals surface area contributed by atoms with E-state index < -0.39 is 17.7 Å². The van der Waals surface area contributed by atoms with Crippen LogP contribution in [0.5, 0.6) is 5.75 Å². The monoisotopic (exact) mass is 442 g/mol. The molecule has 2 amide bonds. The van der Waals surface area contributed by atoms with Crippen molar-refractivity contribution in [2.45, 2.75) is 13.0 Å². The van der Waals surface area contributed by atoms with Crippen molar-refractivity contribution in [3.63, 3.8) is 0 Å². The molecule has 0 aromatic heterocycles. The van der Waals surface area contributed by atoms with Crippen LogP contribution in [0, 0.1) is 0 Å². The molecule has 2 N–H and O–H groups in total. The summed E-state index contributed by atoms with van der Waals surface area (Å²) in [6.45, 7) is 1.40. The molecule has 7 heteroatoms. The molecular weight excluding hydrogens is 420 g/mol. The van der Waals surface area contributed by atoms with E-state index in [0.717, 1.165) is 0 Å². The first-order chi connectivity index (χ1) is 15.9. The maximum atomic E-state index is 13.2. The number of carbonyl (C=O) groups is 3. The number of rotatable bonds is 5. The maximum Gasteiger partial charge on any atom is 0.300 e. The first-order valence-electron chi connectivity index (χ1n) is 10.3. The van der Waals surface area contributed by atoms with Crippen LogP contribution in [-0.4, -0.2) is 29.8 Å². The van der Waals surface area contributed by atoms with Crippen LogP contribution in [-0.2, 0) is 14.4 Å². The molecule has 0 spiro atoms. The molecule has 1 heterocycles. The van der Waals surface area contributed by atoms with Crippen LogP contribution in [0.2, 0.25) is 0 Å². The molecule has 1 atom stereocenters. The van der Waals surface area contributed by atoms with Gasteiger partial charge in [0.05, 0.1) is 18.7 Å². The minimum atomic E-state index is -0.830. The van der Waals surface area contributed by atoms with Crippen molar-refractivity contribution in [2.75, 3.05) is 17.3 Å². The number of ketones is 1. The lowest BCUT2D eigenvalue weighted by atomic mass is 9.95. The van der Waals surface area contributed by atoms with E-state index in [1.54, 1.807) is 72.8 Å². The normalized spacial score (nSPS) is 17.2. The van der Waals surface area contributed by atoms with Gasteiger partial charge in [-0.15, -0.1) is 0 Å². The highest BCUT2D eigenvalue weighted by Gasteiger charge is 2.46. The Morgan fingerprint density at radius 3 is 2.30 bits per heavy atom. The van der Waals surface area contributed by atoms with Gasteiger partial charge in [-0.05, 0) is 42.0 Å². The zero-order chi connectivity index (χ0) is 23.5. The van der Waals surface area contributed by atoms with E-state index in [1.807, 2.05) is 6.07 Å². The second kappa shape index (κ2) is 9.00. The van der Waals surface area contributed by atoms with Gasteiger partial charge in [-0.25, -0.2) is 0 Å². The van der Waals surface area contributed by atoms with E-state index in [2.05, 4.69) is 5.32 Å². The van der Waals surface area contributed by atoms with E-state index >= 15 is 0 Å². The van der Waals surface area contributed by atoms with Crippen molar-refractivity contribution in [1.29, 1.82) is 0 Å². The Labute approximate surface area is 190 Å². The molecule has 1 fully saturated rings. The van der Waals surface area contributed by atoms with Gasteiger partial charge in [0, 0.05) is 23.9 Å². The molecule has 4 rings (SSSR count). The number of hydrogen-bond donors (Lipinski definition) is 2. The molecule has 1 saturated heterocycles. The number of aliphatic hydroxyl groups excluding tert-OH is 1. The third-order valence-corrected chi connectivity index (χ3v) is 5.37.